The third-order valence-electron chi connectivity index (χ3n) is 2.63. The Morgan fingerprint density at radius 2 is 2.33 bits per heavy atom. The molecule has 4 nitrogen and oxygen atoms in total. The summed E-state index contributed by atoms with van der Waals surface area (Å²) in [7, 11) is 0. The van der Waals surface area contributed by atoms with Crippen molar-refractivity contribution in [2.75, 3.05) is 26.2 Å². The van der Waals surface area contributed by atoms with E-state index < -0.39 is 5.97 Å². The Hall–Kier alpha value is -0.610. The first-order chi connectivity index (χ1) is 7.22. The molecule has 0 bridgehead atoms. The van der Waals surface area contributed by atoms with Crippen LogP contribution in [0.15, 0.2) is 0 Å². The number of carbonyl (C=O) groups is 1. The van der Waals surface area contributed by atoms with Gasteiger partial charge in [-0.15, -0.1) is 0 Å². The predicted octanol–water partition coefficient (Wildman–Crippen LogP) is 1.35. The first-order valence-electron chi connectivity index (χ1n) is 5.78. The van der Waals surface area contributed by atoms with E-state index in [1.807, 2.05) is 4.90 Å². The second-order valence-electron chi connectivity index (χ2n) is 4.12. The fourth-order valence-electron chi connectivity index (χ4n) is 1.98. The van der Waals surface area contributed by atoms with Crippen LogP contribution < -0.4 is 0 Å². The van der Waals surface area contributed by atoms with Crippen LogP contribution in [0, 0.1) is 0 Å². The summed E-state index contributed by atoms with van der Waals surface area (Å²) >= 11 is 0. The first kappa shape index (κ1) is 12.5. The van der Waals surface area contributed by atoms with Crippen molar-refractivity contribution in [1.82, 2.24) is 4.90 Å². The smallest absolute Gasteiger partial charge is 0.317 e. The minimum Gasteiger partial charge on any atom is -0.480 e. The fourth-order valence-corrected chi connectivity index (χ4v) is 1.98. The highest BCUT2D eigenvalue weighted by atomic mass is 16.5. The molecule has 1 N–H and O–H groups in total. The number of ether oxygens (including phenoxy) is 1. The molecule has 88 valence electrons. The molecule has 0 aromatic heterocycles. The summed E-state index contributed by atoms with van der Waals surface area (Å²) in [5.74, 6) is -0.751. The molecule has 0 unspecified atom stereocenters. The highest BCUT2D eigenvalue weighted by molar-refractivity contribution is 5.69. The third-order valence-corrected chi connectivity index (χ3v) is 2.63. The van der Waals surface area contributed by atoms with Gasteiger partial charge in [0.2, 0.25) is 0 Å². The van der Waals surface area contributed by atoms with Crippen LogP contribution in [0.5, 0.6) is 0 Å². The minimum absolute atomic E-state index is 0.133. The van der Waals surface area contributed by atoms with Gasteiger partial charge in [-0.3, -0.25) is 9.69 Å². The average Bonchev–Trinajstić information content (AvgIpc) is 2.18. The standard InChI is InChI=1S/C11H21NO3/c1-2-6-12(9-11(13)14)8-10-5-3-4-7-15-10/h10H,2-9H2,1H3,(H,13,14)/t10-/m0/s1. The lowest BCUT2D eigenvalue weighted by Crippen LogP contribution is -2.39. The zero-order chi connectivity index (χ0) is 11.1. The van der Waals surface area contributed by atoms with Crippen molar-refractivity contribution in [1.29, 1.82) is 0 Å². The van der Waals surface area contributed by atoms with Crippen LogP contribution in [0.25, 0.3) is 0 Å². The van der Waals surface area contributed by atoms with E-state index in [2.05, 4.69) is 6.92 Å². The maximum Gasteiger partial charge on any atom is 0.317 e. The van der Waals surface area contributed by atoms with Crippen molar-refractivity contribution >= 4 is 5.97 Å². The van der Waals surface area contributed by atoms with Crippen molar-refractivity contribution in [2.24, 2.45) is 0 Å². The molecule has 0 aromatic carbocycles. The van der Waals surface area contributed by atoms with Gasteiger partial charge in [-0.1, -0.05) is 6.92 Å². The SMILES string of the molecule is CCCN(CC(=O)O)C[C@@H]1CCCCO1. The summed E-state index contributed by atoms with van der Waals surface area (Å²) in [5, 5.41) is 8.76. The first-order valence-corrected chi connectivity index (χ1v) is 5.78. The van der Waals surface area contributed by atoms with Gasteiger partial charge in [-0.05, 0) is 32.2 Å². The molecule has 1 aliphatic rings. The summed E-state index contributed by atoms with van der Waals surface area (Å²) in [6, 6.07) is 0. The van der Waals surface area contributed by atoms with E-state index >= 15 is 0 Å². The average molecular weight is 215 g/mol. The van der Waals surface area contributed by atoms with Gasteiger partial charge in [0, 0.05) is 13.2 Å². The maximum atomic E-state index is 10.6. The normalized spacial score (nSPS) is 21.9. The molecule has 0 aromatic rings. The molecule has 1 aliphatic heterocycles. The molecule has 4 heteroatoms. The van der Waals surface area contributed by atoms with E-state index in [0.29, 0.717) is 0 Å². The van der Waals surface area contributed by atoms with Gasteiger partial charge in [-0.2, -0.15) is 0 Å². The second kappa shape index (κ2) is 6.80. The van der Waals surface area contributed by atoms with E-state index in [1.165, 1.54) is 6.42 Å². The number of rotatable bonds is 6. The summed E-state index contributed by atoms with van der Waals surface area (Å²) in [5.41, 5.74) is 0. The van der Waals surface area contributed by atoms with Crippen molar-refractivity contribution in [2.45, 2.75) is 38.7 Å². The van der Waals surface area contributed by atoms with E-state index in [9.17, 15) is 4.79 Å². The quantitative estimate of drug-likeness (QED) is 0.726. The molecule has 0 spiro atoms. The Morgan fingerprint density at radius 1 is 1.53 bits per heavy atom. The van der Waals surface area contributed by atoms with Crippen LogP contribution in [0.2, 0.25) is 0 Å². The summed E-state index contributed by atoms with van der Waals surface area (Å²) < 4.78 is 5.60. The van der Waals surface area contributed by atoms with Crippen molar-refractivity contribution in [3.8, 4) is 0 Å². The highest BCUT2D eigenvalue weighted by Gasteiger charge is 2.18. The van der Waals surface area contributed by atoms with Crippen LogP contribution in [-0.4, -0.2) is 48.3 Å². The van der Waals surface area contributed by atoms with Crippen LogP contribution >= 0.6 is 0 Å². The third kappa shape index (κ3) is 5.14. The molecular formula is C11H21NO3. The monoisotopic (exact) mass is 215 g/mol. The number of aliphatic carboxylic acids is 1. The van der Waals surface area contributed by atoms with Gasteiger partial charge in [0.05, 0.1) is 12.6 Å². The maximum absolute atomic E-state index is 10.6. The van der Waals surface area contributed by atoms with Gasteiger partial charge in [0.25, 0.3) is 0 Å². The summed E-state index contributed by atoms with van der Waals surface area (Å²) in [6.45, 7) is 4.63. The minimum atomic E-state index is -0.751. The fraction of sp³-hybridized carbons (Fsp3) is 0.909. The van der Waals surface area contributed by atoms with Gasteiger partial charge in [0.1, 0.15) is 0 Å². The molecule has 0 amide bonds. The molecular weight excluding hydrogens is 194 g/mol. The van der Waals surface area contributed by atoms with E-state index in [-0.39, 0.29) is 12.6 Å². The van der Waals surface area contributed by atoms with Crippen LogP contribution in [-0.2, 0) is 9.53 Å². The van der Waals surface area contributed by atoms with Gasteiger partial charge >= 0.3 is 5.97 Å². The Morgan fingerprint density at radius 3 is 2.87 bits per heavy atom. The summed E-state index contributed by atoms with van der Waals surface area (Å²) in [6.07, 6.45) is 4.64. The predicted molar refractivity (Wildman–Crippen MR) is 58.0 cm³/mol. The lowest BCUT2D eigenvalue weighted by atomic mass is 10.1. The zero-order valence-corrected chi connectivity index (χ0v) is 9.45. The second-order valence-corrected chi connectivity index (χ2v) is 4.12. The lowest BCUT2D eigenvalue weighted by molar-refractivity contribution is -0.138. The van der Waals surface area contributed by atoms with Crippen LogP contribution in [0.4, 0.5) is 0 Å². The van der Waals surface area contributed by atoms with Gasteiger partial charge < -0.3 is 9.84 Å². The molecule has 0 radical (unpaired) electrons. The molecule has 1 fully saturated rings. The van der Waals surface area contributed by atoms with Crippen molar-refractivity contribution in [3.63, 3.8) is 0 Å². The van der Waals surface area contributed by atoms with E-state index in [0.717, 1.165) is 39.0 Å². The van der Waals surface area contributed by atoms with E-state index in [1.54, 1.807) is 0 Å². The van der Waals surface area contributed by atoms with Crippen LogP contribution in [0.1, 0.15) is 32.6 Å². The Labute approximate surface area is 91.2 Å². The Bertz CT molecular complexity index is 190. The lowest BCUT2D eigenvalue weighted by Gasteiger charge is -2.28. The Balaban J connectivity index is 2.31. The number of carboxylic acids is 1. The number of nitrogens with zero attached hydrogens (tertiary/aromatic N) is 1. The molecule has 1 rings (SSSR count). The van der Waals surface area contributed by atoms with Gasteiger partial charge in [0.15, 0.2) is 0 Å². The van der Waals surface area contributed by atoms with Crippen molar-refractivity contribution < 1.29 is 14.6 Å². The zero-order valence-electron chi connectivity index (χ0n) is 9.45. The Kier molecular flexibility index (Phi) is 5.65. The summed E-state index contributed by atoms with van der Waals surface area (Å²) in [4.78, 5) is 12.6. The molecule has 0 saturated carbocycles. The largest absolute Gasteiger partial charge is 0.480 e. The number of hydrogen-bond donors (Lipinski definition) is 1. The number of hydrogen-bond acceptors (Lipinski definition) is 3. The van der Waals surface area contributed by atoms with E-state index in [4.69, 9.17) is 9.84 Å². The number of carboxylic acid groups (broad SMARTS) is 1. The highest BCUT2D eigenvalue weighted by Crippen LogP contribution is 2.13. The molecule has 1 saturated heterocycles. The van der Waals surface area contributed by atoms with Gasteiger partial charge in [-0.25, -0.2) is 0 Å². The van der Waals surface area contributed by atoms with Crippen LogP contribution in [0.3, 0.4) is 0 Å². The molecule has 1 heterocycles. The topological polar surface area (TPSA) is 49.8 Å². The van der Waals surface area contributed by atoms with Crippen molar-refractivity contribution in [3.05, 3.63) is 0 Å². The molecule has 1 atom stereocenters. The molecule has 15 heavy (non-hydrogen) atoms. The molecule has 0 aliphatic carbocycles.